The molecule has 1 aromatic carbocycles. The summed E-state index contributed by atoms with van der Waals surface area (Å²) in [5.74, 6) is 0. The van der Waals surface area contributed by atoms with Crippen molar-refractivity contribution in [2.75, 3.05) is 0 Å². The molecule has 0 heterocycles. The van der Waals surface area contributed by atoms with Gasteiger partial charge < -0.3 is 10.2 Å². The molecule has 2 N–H and O–H groups in total. The van der Waals surface area contributed by atoms with Crippen molar-refractivity contribution in [3.8, 4) is 0 Å². The highest BCUT2D eigenvalue weighted by molar-refractivity contribution is 5.24. The summed E-state index contributed by atoms with van der Waals surface area (Å²) in [7, 11) is 0. The average molecular weight is 192 g/mol. The third-order valence-corrected chi connectivity index (χ3v) is 2.31. The van der Waals surface area contributed by atoms with E-state index in [1.165, 1.54) is 0 Å². The van der Waals surface area contributed by atoms with Gasteiger partial charge in [0.05, 0.1) is 0 Å². The molecule has 0 aliphatic carbocycles. The summed E-state index contributed by atoms with van der Waals surface area (Å²) in [4.78, 5) is 0. The van der Waals surface area contributed by atoms with Crippen molar-refractivity contribution < 1.29 is 10.2 Å². The first-order valence-electron chi connectivity index (χ1n) is 4.68. The fourth-order valence-corrected chi connectivity index (χ4v) is 1.32. The standard InChI is InChI=1S/C12H16O2/c1-3-7-11(13)12(2,14)10-8-5-4-6-9-10/h3-9,11,13-14H,1-2H3/b7-3+. The molecule has 1 aromatic rings. The maximum absolute atomic E-state index is 10.1. The van der Waals surface area contributed by atoms with Gasteiger partial charge >= 0.3 is 0 Å². The first-order valence-corrected chi connectivity index (χ1v) is 4.68. The fraction of sp³-hybridized carbons (Fsp3) is 0.333. The number of allylic oxidation sites excluding steroid dienone is 1. The van der Waals surface area contributed by atoms with Crippen LogP contribution in [0.1, 0.15) is 19.4 Å². The molecule has 2 nitrogen and oxygen atoms in total. The van der Waals surface area contributed by atoms with Crippen LogP contribution < -0.4 is 0 Å². The molecule has 2 unspecified atom stereocenters. The molecule has 2 atom stereocenters. The second-order valence-electron chi connectivity index (χ2n) is 3.48. The Labute approximate surface area is 84.5 Å². The number of aliphatic hydroxyl groups excluding tert-OH is 1. The van der Waals surface area contributed by atoms with Crippen molar-refractivity contribution in [2.45, 2.75) is 25.6 Å². The zero-order chi connectivity index (χ0) is 10.6. The molecule has 0 amide bonds. The van der Waals surface area contributed by atoms with Crippen molar-refractivity contribution in [3.63, 3.8) is 0 Å². The summed E-state index contributed by atoms with van der Waals surface area (Å²) in [5, 5.41) is 19.8. The smallest absolute Gasteiger partial charge is 0.116 e. The number of benzene rings is 1. The molecule has 0 saturated carbocycles. The van der Waals surface area contributed by atoms with Gasteiger partial charge in [-0.1, -0.05) is 42.5 Å². The molecule has 0 bridgehead atoms. The maximum atomic E-state index is 10.1. The predicted molar refractivity (Wildman–Crippen MR) is 56.8 cm³/mol. The lowest BCUT2D eigenvalue weighted by Gasteiger charge is -2.27. The quantitative estimate of drug-likeness (QED) is 0.717. The van der Waals surface area contributed by atoms with Gasteiger partial charge in [0.1, 0.15) is 11.7 Å². The van der Waals surface area contributed by atoms with Crippen LogP contribution in [0, 0.1) is 0 Å². The molecule has 14 heavy (non-hydrogen) atoms. The SMILES string of the molecule is C/C=C/C(O)C(C)(O)c1ccccc1. The molecule has 1 rings (SSSR count). The van der Waals surface area contributed by atoms with E-state index in [2.05, 4.69) is 0 Å². The van der Waals surface area contributed by atoms with Crippen LogP contribution in [-0.4, -0.2) is 16.3 Å². The maximum Gasteiger partial charge on any atom is 0.116 e. The third-order valence-electron chi connectivity index (χ3n) is 2.31. The van der Waals surface area contributed by atoms with Crippen LogP contribution in [0.4, 0.5) is 0 Å². The van der Waals surface area contributed by atoms with Crippen LogP contribution in [0.15, 0.2) is 42.5 Å². The highest BCUT2D eigenvalue weighted by Crippen LogP contribution is 2.24. The van der Waals surface area contributed by atoms with E-state index < -0.39 is 11.7 Å². The molecule has 0 fully saturated rings. The molecule has 0 spiro atoms. The number of aliphatic hydroxyl groups is 2. The van der Waals surface area contributed by atoms with Gasteiger partial charge in [-0.05, 0) is 19.4 Å². The minimum absolute atomic E-state index is 0.714. The van der Waals surface area contributed by atoms with Gasteiger partial charge in [0.25, 0.3) is 0 Å². The summed E-state index contributed by atoms with van der Waals surface area (Å²) in [6, 6.07) is 9.15. The summed E-state index contributed by atoms with van der Waals surface area (Å²) >= 11 is 0. The summed E-state index contributed by atoms with van der Waals surface area (Å²) in [6.07, 6.45) is 2.42. The lowest BCUT2D eigenvalue weighted by Crippen LogP contribution is -2.34. The van der Waals surface area contributed by atoms with Crippen molar-refractivity contribution in [1.82, 2.24) is 0 Å². The lowest BCUT2D eigenvalue weighted by molar-refractivity contribution is -0.0424. The van der Waals surface area contributed by atoms with Gasteiger partial charge in [-0.25, -0.2) is 0 Å². The normalized spacial score (nSPS) is 18.0. The summed E-state index contributed by atoms with van der Waals surface area (Å²) in [5.41, 5.74) is -0.515. The molecule has 0 aliphatic rings. The van der Waals surface area contributed by atoms with Crippen molar-refractivity contribution in [1.29, 1.82) is 0 Å². The van der Waals surface area contributed by atoms with Crippen LogP contribution in [-0.2, 0) is 5.60 Å². The van der Waals surface area contributed by atoms with E-state index in [1.807, 2.05) is 25.1 Å². The largest absolute Gasteiger partial charge is 0.386 e. The fourth-order valence-electron chi connectivity index (χ4n) is 1.32. The van der Waals surface area contributed by atoms with Gasteiger partial charge in [0.2, 0.25) is 0 Å². The van der Waals surface area contributed by atoms with Gasteiger partial charge in [-0.3, -0.25) is 0 Å². The van der Waals surface area contributed by atoms with Crippen LogP contribution >= 0.6 is 0 Å². The van der Waals surface area contributed by atoms with E-state index in [4.69, 9.17) is 0 Å². The second kappa shape index (κ2) is 4.40. The molecular weight excluding hydrogens is 176 g/mol. The summed E-state index contributed by atoms with van der Waals surface area (Å²) in [6.45, 7) is 3.41. The Morgan fingerprint density at radius 1 is 1.29 bits per heavy atom. The molecule has 0 aliphatic heterocycles. The van der Waals surface area contributed by atoms with E-state index in [9.17, 15) is 10.2 Å². The predicted octanol–water partition coefficient (Wildman–Crippen LogP) is 1.83. The molecular formula is C12H16O2. The number of hydrogen-bond acceptors (Lipinski definition) is 2. The molecule has 2 heteroatoms. The third kappa shape index (κ3) is 2.22. The first kappa shape index (κ1) is 11.0. The zero-order valence-corrected chi connectivity index (χ0v) is 8.51. The van der Waals surface area contributed by atoms with E-state index in [1.54, 1.807) is 31.2 Å². The molecule has 0 radical (unpaired) electrons. The Kier molecular flexibility index (Phi) is 3.44. The van der Waals surface area contributed by atoms with Crippen LogP contribution in [0.25, 0.3) is 0 Å². The lowest BCUT2D eigenvalue weighted by atomic mass is 9.90. The van der Waals surface area contributed by atoms with Gasteiger partial charge in [0.15, 0.2) is 0 Å². The van der Waals surface area contributed by atoms with E-state index in [0.29, 0.717) is 5.56 Å². The molecule has 0 aromatic heterocycles. The van der Waals surface area contributed by atoms with Crippen molar-refractivity contribution in [2.24, 2.45) is 0 Å². The van der Waals surface area contributed by atoms with Gasteiger partial charge in [-0.2, -0.15) is 0 Å². The molecule has 0 saturated heterocycles. The highest BCUT2D eigenvalue weighted by atomic mass is 16.3. The Morgan fingerprint density at radius 3 is 2.36 bits per heavy atom. The first-order chi connectivity index (χ1) is 6.59. The van der Waals surface area contributed by atoms with Crippen LogP contribution in [0.3, 0.4) is 0 Å². The van der Waals surface area contributed by atoms with Crippen molar-refractivity contribution >= 4 is 0 Å². The van der Waals surface area contributed by atoms with Crippen molar-refractivity contribution in [3.05, 3.63) is 48.0 Å². The second-order valence-corrected chi connectivity index (χ2v) is 3.48. The minimum atomic E-state index is -1.23. The Hall–Kier alpha value is -1.12. The molecule has 76 valence electrons. The van der Waals surface area contributed by atoms with Crippen LogP contribution in [0.5, 0.6) is 0 Å². The topological polar surface area (TPSA) is 40.5 Å². The Bertz CT molecular complexity index is 301. The Balaban J connectivity index is 2.95. The Morgan fingerprint density at radius 2 is 1.86 bits per heavy atom. The summed E-state index contributed by atoms with van der Waals surface area (Å²) < 4.78 is 0. The average Bonchev–Trinajstić information content (AvgIpc) is 2.19. The van der Waals surface area contributed by atoms with E-state index in [0.717, 1.165) is 0 Å². The van der Waals surface area contributed by atoms with Gasteiger partial charge in [-0.15, -0.1) is 0 Å². The monoisotopic (exact) mass is 192 g/mol. The zero-order valence-electron chi connectivity index (χ0n) is 8.51. The van der Waals surface area contributed by atoms with Gasteiger partial charge in [0, 0.05) is 0 Å². The number of hydrogen-bond donors (Lipinski definition) is 2. The minimum Gasteiger partial charge on any atom is -0.386 e. The van der Waals surface area contributed by atoms with E-state index in [-0.39, 0.29) is 0 Å². The van der Waals surface area contributed by atoms with Crippen LogP contribution in [0.2, 0.25) is 0 Å². The number of rotatable bonds is 3. The van der Waals surface area contributed by atoms with E-state index >= 15 is 0 Å². The highest BCUT2D eigenvalue weighted by Gasteiger charge is 2.29.